The zero-order chi connectivity index (χ0) is 18.9. The number of aromatic nitrogens is 2. The molecule has 0 saturated carbocycles. The standard InChI is InChI=1S/C22H22FN3O2/c23-19-6-2-1-5-17(19)18-11-24-25-22(18)16-4-3-9-26(13-16)12-15-7-8-20-21(10-15)28-14-27-20/h1-2,5-8,10-11,16H,3-4,9,12-14H2,(H,24,25). The van der Waals surface area contributed by atoms with Crippen LogP contribution < -0.4 is 9.47 Å². The Labute approximate surface area is 163 Å². The minimum Gasteiger partial charge on any atom is -0.454 e. The molecule has 5 nitrogen and oxygen atoms in total. The topological polar surface area (TPSA) is 50.4 Å². The van der Waals surface area contributed by atoms with Gasteiger partial charge >= 0.3 is 0 Å². The lowest BCUT2D eigenvalue weighted by atomic mass is 9.90. The van der Waals surface area contributed by atoms with Gasteiger partial charge in [0.1, 0.15) is 5.82 Å². The van der Waals surface area contributed by atoms with Gasteiger partial charge in [0.25, 0.3) is 0 Å². The van der Waals surface area contributed by atoms with Crippen LogP contribution in [0.3, 0.4) is 0 Å². The Kier molecular flexibility index (Phi) is 4.49. The van der Waals surface area contributed by atoms with Crippen LogP contribution in [0.15, 0.2) is 48.7 Å². The van der Waals surface area contributed by atoms with E-state index in [1.807, 2.05) is 18.2 Å². The van der Waals surface area contributed by atoms with E-state index in [1.54, 1.807) is 12.3 Å². The van der Waals surface area contributed by atoms with Crippen molar-refractivity contribution in [2.75, 3.05) is 19.9 Å². The molecule has 5 rings (SSSR count). The summed E-state index contributed by atoms with van der Waals surface area (Å²) in [4.78, 5) is 2.44. The number of aromatic amines is 1. The molecule has 0 spiro atoms. The Hall–Kier alpha value is -2.86. The van der Waals surface area contributed by atoms with Crippen LogP contribution in [0.25, 0.3) is 11.1 Å². The number of halogens is 1. The molecule has 2 aromatic carbocycles. The summed E-state index contributed by atoms with van der Waals surface area (Å²) in [7, 11) is 0. The highest BCUT2D eigenvalue weighted by molar-refractivity contribution is 5.66. The van der Waals surface area contributed by atoms with Gasteiger partial charge in [-0.15, -0.1) is 0 Å². The molecule has 144 valence electrons. The fourth-order valence-electron chi connectivity index (χ4n) is 4.23. The van der Waals surface area contributed by atoms with Crippen LogP contribution in [-0.2, 0) is 6.54 Å². The summed E-state index contributed by atoms with van der Waals surface area (Å²) < 4.78 is 25.2. The molecule has 0 aliphatic carbocycles. The number of hydrogen-bond donors (Lipinski definition) is 1. The number of hydrogen-bond acceptors (Lipinski definition) is 4. The number of H-pyrrole nitrogens is 1. The quantitative estimate of drug-likeness (QED) is 0.733. The van der Waals surface area contributed by atoms with Crippen LogP contribution in [-0.4, -0.2) is 35.0 Å². The van der Waals surface area contributed by atoms with Crippen molar-refractivity contribution >= 4 is 0 Å². The molecule has 3 heterocycles. The molecule has 28 heavy (non-hydrogen) atoms. The molecule has 1 saturated heterocycles. The van der Waals surface area contributed by atoms with Gasteiger partial charge in [0.05, 0.1) is 6.20 Å². The first-order valence-corrected chi connectivity index (χ1v) is 9.67. The van der Waals surface area contributed by atoms with Gasteiger partial charge in [-0.1, -0.05) is 24.3 Å². The van der Waals surface area contributed by atoms with Crippen LogP contribution in [0.1, 0.15) is 30.0 Å². The summed E-state index contributed by atoms with van der Waals surface area (Å²) in [6.07, 6.45) is 3.91. The second-order valence-corrected chi connectivity index (χ2v) is 7.44. The number of nitrogens with one attached hydrogen (secondary N) is 1. The molecule has 0 amide bonds. The van der Waals surface area contributed by atoms with Gasteiger partial charge in [0, 0.05) is 35.8 Å². The van der Waals surface area contributed by atoms with E-state index in [9.17, 15) is 4.39 Å². The average Bonchev–Trinajstić information content (AvgIpc) is 3.38. The highest BCUT2D eigenvalue weighted by Gasteiger charge is 2.26. The highest BCUT2D eigenvalue weighted by atomic mass is 19.1. The fourth-order valence-corrected chi connectivity index (χ4v) is 4.23. The van der Waals surface area contributed by atoms with Crippen molar-refractivity contribution in [1.82, 2.24) is 15.1 Å². The minimum absolute atomic E-state index is 0.210. The Balaban J connectivity index is 1.34. The maximum atomic E-state index is 14.3. The van der Waals surface area contributed by atoms with Gasteiger partial charge < -0.3 is 9.47 Å². The third-order valence-corrected chi connectivity index (χ3v) is 5.59. The zero-order valence-corrected chi connectivity index (χ0v) is 15.5. The molecule has 3 aromatic rings. The van der Waals surface area contributed by atoms with Gasteiger partial charge in [0.2, 0.25) is 6.79 Å². The third-order valence-electron chi connectivity index (χ3n) is 5.59. The largest absolute Gasteiger partial charge is 0.454 e. The molecule has 2 aliphatic heterocycles. The van der Waals surface area contributed by atoms with Crippen molar-refractivity contribution in [2.24, 2.45) is 0 Å². The molecule has 2 aliphatic rings. The molecule has 1 unspecified atom stereocenters. The number of rotatable bonds is 4. The molecule has 6 heteroatoms. The van der Waals surface area contributed by atoms with E-state index in [-0.39, 0.29) is 5.82 Å². The van der Waals surface area contributed by atoms with Gasteiger partial charge in [-0.2, -0.15) is 5.10 Å². The van der Waals surface area contributed by atoms with Crippen LogP contribution in [0.2, 0.25) is 0 Å². The number of likely N-dealkylation sites (tertiary alicyclic amines) is 1. The first-order valence-electron chi connectivity index (χ1n) is 9.67. The Morgan fingerprint density at radius 3 is 2.93 bits per heavy atom. The maximum Gasteiger partial charge on any atom is 0.231 e. The van der Waals surface area contributed by atoms with E-state index >= 15 is 0 Å². The number of fused-ring (bicyclic) bond motifs is 1. The van der Waals surface area contributed by atoms with E-state index in [1.165, 1.54) is 11.6 Å². The van der Waals surface area contributed by atoms with E-state index < -0.39 is 0 Å². The van der Waals surface area contributed by atoms with Crippen molar-refractivity contribution in [3.8, 4) is 22.6 Å². The average molecular weight is 379 g/mol. The molecule has 1 fully saturated rings. The third kappa shape index (κ3) is 3.24. The Morgan fingerprint density at radius 2 is 2.00 bits per heavy atom. The number of piperidine rings is 1. The monoisotopic (exact) mass is 379 g/mol. The number of nitrogens with zero attached hydrogens (tertiary/aromatic N) is 2. The van der Waals surface area contributed by atoms with E-state index in [4.69, 9.17) is 9.47 Å². The van der Waals surface area contributed by atoms with E-state index in [0.29, 0.717) is 18.3 Å². The predicted octanol–water partition coefficient (Wildman–Crippen LogP) is 4.32. The molecular weight excluding hydrogens is 357 g/mol. The van der Waals surface area contributed by atoms with Crippen LogP contribution in [0, 0.1) is 5.82 Å². The molecular formula is C22H22FN3O2. The zero-order valence-electron chi connectivity index (χ0n) is 15.5. The number of ether oxygens (including phenoxy) is 2. The van der Waals surface area contributed by atoms with Crippen molar-refractivity contribution in [3.63, 3.8) is 0 Å². The molecule has 0 radical (unpaired) electrons. The molecule has 1 atom stereocenters. The minimum atomic E-state index is -0.210. The summed E-state index contributed by atoms with van der Waals surface area (Å²) in [6.45, 7) is 3.12. The lowest BCUT2D eigenvalue weighted by molar-refractivity contribution is 0.173. The summed E-state index contributed by atoms with van der Waals surface area (Å²) in [6, 6.07) is 13.0. The lowest BCUT2D eigenvalue weighted by Gasteiger charge is -2.32. The molecule has 1 N–H and O–H groups in total. The van der Waals surface area contributed by atoms with Gasteiger partial charge in [-0.3, -0.25) is 10.00 Å². The first kappa shape index (κ1) is 17.3. The van der Waals surface area contributed by atoms with E-state index in [0.717, 1.165) is 55.2 Å². The number of benzene rings is 2. The summed E-state index contributed by atoms with van der Waals surface area (Å²) in [5.41, 5.74) is 3.72. The Bertz CT molecular complexity index is 987. The van der Waals surface area contributed by atoms with Crippen molar-refractivity contribution in [3.05, 3.63) is 65.7 Å². The van der Waals surface area contributed by atoms with Crippen molar-refractivity contribution in [2.45, 2.75) is 25.3 Å². The van der Waals surface area contributed by atoms with Crippen LogP contribution in [0.5, 0.6) is 11.5 Å². The maximum absolute atomic E-state index is 14.3. The molecule has 1 aromatic heterocycles. The second kappa shape index (κ2) is 7.28. The van der Waals surface area contributed by atoms with Crippen LogP contribution >= 0.6 is 0 Å². The first-order chi connectivity index (χ1) is 13.8. The van der Waals surface area contributed by atoms with Crippen LogP contribution in [0.4, 0.5) is 4.39 Å². The van der Waals surface area contributed by atoms with Crippen molar-refractivity contribution in [1.29, 1.82) is 0 Å². The lowest BCUT2D eigenvalue weighted by Crippen LogP contribution is -2.34. The summed E-state index contributed by atoms with van der Waals surface area (Å²) >= 11 is 0. The van der Waals surface area contributed by atoms with Gasteiger partial charge in [-0.25, -0.2) is 4.39 Å². The second-order valence-electron chi connectivity index (χ2n) is 7.44. The predicted molar refractivity (Wildman–Crippen MR) is 104 cm³/mol. The smallest absolute Gasteiger partial charge is 0.231 e. The summed E-state index contributed by atoms with van der Waals surface area (Å²) in [5.74, 6) is 1.73. The van der Waals surface area contributed by atoms with Gasteiger partial charge in [-0.05, 0) is 43.1 Å². The van der Waals surface area contributed by atoms with Crippen molar-refractivity contribution < 1.29 is 13.9 Å². The highest BCUT2D eigenvalue weighted by Crippen LogP contribution is 2.36. The van der Waals surface area contributed by atoms with E-state index in [2.05, 4.69) is 27.2 Å². The molecule has 0 bridgehead atoms. The Morgan fingerprint density at radius 1 is 1.11 bits per heavy atom. The normalized spacial score (nSPS) is 19.1. The SMILES string of the molecule is Fc1ccccc1-c1cn[nH]c1C1CCCN(Cc2ccc3c(c2)OCO3)C1. The fraction of sp³-hybridized carbons (Fsp3) is 0.318. The van der Waals surface area contributed by atoms with Gasteiger partial charge in [0.15, 0.2) is 11.5 Å². The summed E-state index contributed by atoms with van der Waals surface area (Å²) in [5, 5.41) is 7.36.